The van der Waals surface area contributed by atoms with E-state index in [1.807, 2.05) is 12.1 Å². The molecule has 0 aliphatic carbocycles. The van der Waals surface area contributed by atoms with Gasteiger partial charge in [-0.3, -0.25) is 4.79 Å². The van der Waals surface area contributed by atoms with Gasteiger partial charge in [0.15, 0.2) is 11.6 Å². The summed E-state index contributed by atoms with van der Waals surface area (Å²) in [4.78, 5) is 17.0. The maximum absolute atomic E-state index is 13.7. The number of nitrogens with zero attached hydrogens (tertiary/aromatic N) is 1. The summed E-state index contributed by atoms with van der Waals surface area (Å²) >= 11 is 0. The van der Waals surface area contributed by atoms with E-state index in [9.17, 15) is 9.18 Å². The molecule has 1 aromatic heterocycles. The van der Waals surface area contributed by atoms with Gasteiger partial charge in [0.05, 0.1) is 5.52 Å². The number of fused-ring (bicyclic) bond motifs is 1. The van der Waals surface area contributed by atoms with Crippen LogP contribution in [0.15, 0.2) is 54.6 Å². The van der Waals surface area contributed by atoms with Crippen LogP contribution < -0.4 is 10.6 Å². The van der Waals surface area contributed by atoms with Crippen molar-refractivity contribution in [3.05, 3.63) is 66.1 Å². The van der Waals surface area contributed by atoms with Gasteiger partial charge in [0, 0.05) is 5.39 Å². The molecular weight excluding hydrogens is 259 g/mol. The highest BCUT2D eigenvalue weighted by Crippen LogP contribution is 2.23. The highest BCUT2D eigenvalue weighted by molar-refractivity contribution is 5.97. The van der Waals surface area contributed by atoms with Gasteiger partial charge in [-0.25, -0.2) is 4.39 Å². The first-order valence-corrected chi connectivity index (χ1v) is 6.00. The van der Waals surface area contributed by atoms with Crippen LogP contribution in [0.1, 0.15) is 10.5 Å². The van der Waals surface area contributed by atoms with Gasteiger partial charge in [-0.2, -0.15) is 4.73 Å². The topological polar surface area (TPSA) is 57.2 Å². The zero-order chi connectivity index (χ0) is 14.1. The molecule has 0 radical (unpaired) electrons. The number of para-hydroxylation sites is 2. The average Bonchev–Trinajstić information content (AvgIpc) is 2.81. The molecule has 2 N–H and O–H groups in total. The molecule has 0 bridgehead atoms. The number of primary amides is 1. The van der Waals surface area contributed by atoms with E-state index in [0.29, 0.717) is 5.52 Å². The molecule has 3 rings (SSSR count). The molecule has 0 fully saturated rings. The van der Waals surface area contributed by atoms with E-state index in [-0.39, 0.29) is 11.4 Å². The summed E-state index contributed by atoms with van der Waals surface area (Å²) in [7, 11) is 0. The van der Waals surface area contributed by atoms with Crippen LogP contribution in [0, 0.1) is 5.82 Å². The molecule has 0 saturated carbocycles. The Morgan fingerprint density at radius 1 is 1.10 bits per heavy atom. The summed E-state index contributed by atoms with van der Waals surface area (Å²) in [6.45, 7) is 0. The SMILES string of the molecule is NC(=O)c1cc2ccccc2n1Oc1ccccc1F. The Morgan fingerprint density at radius 3 is 2.55 bits per heavy atom. The molecule has 0 aliphatic heterocycles. The first kappa shape index (κ1) is 12.2. The largest absolute Gasteiger partial charge is 0.371 e. The molecule has 4 nitrogen and oxygen atoms in total. The number of carbonyl (C=O) groups excluding carboxylic acids is 1. The number of nitrogens with two attached hydrogens (primary N) is 1. The Morgan fingerprint density at radius 2 is 1.80 bits per heavy atom. The summed E-state index contributed by atoms with van der Waals surface area (Å²) in [5, 5.41) is 0.789. The number of benzene rings is 2. The number of halogens is 1. The predicted octanol–water partition coefficient (Wildman–Crippen LogP) is 2.72. The standard InChI is InChI=1S/C15H11FN2O2/c16-11-6-2-4-8-14(11)20-18-12-7-3-1-5-10(12)9-13(18)15(17)19/h1-9H,(H2,17,19). The van der Waals surface area contributed by atoms with Gasteiger partial charge in [-0.15, -0.1) is 0 Å². The average molecular weight is 270 g/mol. The quantitative estimate of drug-likeness (QED) is 0.795. The van der Waals surface area contributed by atoms with E-state index in [1.54, 1.807) is 30.3 Å². The van der Waals surface area contributed by atoms with E-state index in [1.165, 1.54) is 16.9 Å². The number of rotatable bonds is 3. The molecule has 20 heavy (non-hydrogen) atoms. The third kappa shape index (κ3) is 1.99. The van der Waals surface area contributed by atoms with Crippen molar-refractivity contribution in [2.24, 2.45) is 5.73 Å². The Labute approximate surface area is 114 Å². The number of hydrogen-bond donors (Lipinski definition) is 1. The van der Waals surface area contributed by atoms with Crippen molar-refractivity contribution in [2.75, 3.05) is 0 Å². The molecule has 2 aromatic carbocycles. The summed E-state index contributed by atoms with van der Waals surface area (Å²) in [5.74, 6) is -1.13. The van der Waals surface area contributed by atoms with Gasteiger partial charge in [-0.05, 0) is 24.3 Å². The van der Waals surface area contributed by atoms with Gasteiger partial charge in [0.25, 0.3) is 5.91 Å². The Bertz CT molecular complexity index is 795. The van der Waals surface area contributed by atoms with Gasteiger partial charge >= 0.3 is 0 Å². The van der Waals surface area contributed by atoms with Crippen LogP contribution in [0.3, 0.4) is 0 Å². The van der Waals surface area contributed by atoms with Crippen LogP contribution in [0.25, 0.3) is 10.9 Å². The van der Waals surface area contributed by atoms with Gasteiger partial charge in [-0.1, -0.05) is 30.3 Å². The highest BCUT2D eigenvalue weighted by atomic mass is 19.1. The number of aromatic nitrogens is 1. The molecule has 0 unspecified atom stereocenters. The van der Waals surface area contributed by atoms with Crippen LogP contribution in [0.5, 0.6) is 5.75 Å². The summed E-state index contributed by atoms with van der Waals surface area (Å²) < 4.78 is 14.9. The highest BCUT2D eigenvalue weighted by Gasteiger charge is 2.15. The van der Waals surface area contributed by atoms with E-state index in [2.05, 4.69) is 0 Å². The summed E-state index contributed by atoms with van der Waals surface area (Å²) in [6.07, 6.45) is 0. The molecule has 0 aliphatic rings. The number of hydrogen-bond acceptors (Lipinski definition) is 2. The second-order valence-electron chi connectivity index (χ2n) is 4.27. The predicted molar refractivity (Wildman–Crippen MR) is 72.9 cm³/mol. The van der Waals surface area contributed by atoms with Crippen LogP contribution >= 0.6 is 0 Å². The van der Waals surface area contributed by atoms with Gasteiger partial charge in [0.1, 0.15) is 5.69 Å². The maximum atomic E-state index is 13.7. The smallest absolute Gasteiger partial charge is 0.268 e. The minimum absolute atomic E-state index is 0.0244. The zero-order valence-corrected chi connectivity index (χ0v) is 10.4. The monoisotopic (exact) mass is 270 g/mol. The fourth-order valence-electron chi connectivity index (χ4n) is 2.02. The van der Waals surface area contributed by atoms with Crippen molar-refractivity contribution >= 4 is 16.8 Å². The molecule has 0 spiro atoms. The van der Waals surface area contributed by atoms with E-state index < -0.39 is 11.7 Å². The van der Waals surface area contributed by atoms with Crippen molar-refractivity contribution in [3.63, 3.8) is 0 Å². The van der Waals surface area contributed by atoms with Gasteiger partial charge < -0.3 is 10.6 Å². The fourth-order valence-corrected chi connectivity index (χ4v) is 2.02. The van der Waals surface area contributed by atoms with Gasteiger partial charge in [0.2, 0.25) is 0 Å². The molecule has 100 valence electrons. The van der Waals surface area contributed by atoms with E-state index in [4.69, 9.17) is 10.6 Å². The Kier molecular flexibility index (Phi) is 2.87. The lowest BCUT2D eigenvalue weighted by molar-refractivity contribution is 0.0965. The summed E-state index contributed by atoms with van der Waals surface area (Å²) in [6, 6.07) is 14.8. The van der Waals surface area contributed by atoms with Crippen LogP contribution in [-0.4, -0.2) is 10.6 Å². The van der Waals surface area contributed by atoms with Crippen molar-refractivity contribution in [2.45, 2.75) is 0 Å². The molecule has 1 amide bonds. The van der Waals surface area contributed by atoms with E-state index in [0.717, 1.165) is 5.39 Å². The molecule has 3 aromatic rings. The van der Waals surface area contributed by atoms with E-state index >= 15 is 0 Å². The first-order valence-electron chi connectivity index (χ1n) is 6.00. The number of amides is 1. The van der Waals surface area contributed by atoms with Crippen molar-refractivity contribution in [1.29, 1.82) is 0 Å². The Balaban J connectivity index is 2.17. The second kappa shape index (κ2) is 4.70. The Hall–Kier alpha value is -2.82. The lowest BCUT2D eigenvalue weighted by Crippen LogP contribution is -2.19. The minimum atomic E-state index is -0.641. The lowest BCUT2D eigenvalue weighted by atomic mass is 10.2. The van der Waals surface area contributed by atoms with Crippen molar-refractivity contribution < 1.29 is 14.0 Å². The zero-order valence-electron chi connectivity index (χ0n) is 10.4. The fraction of sp³-hybridized carbons (Fsp3) is 0. The number of carbonyl (C=O) groups is 1. The normalized spacial score (nSPS) is 10.7. The van der Waals surface area contributed by atoms with Crippen LogP contribution in [-0.2, 0) is 0 Å². The molecule has 1 heterocycles. The molecule has 0 saturated heterocycles. The minimum Gasteiger partial charge on any atom is -0.371 e. The van der Waals surface area contributed by atoms with Crippen LogP contribution in [0.4, 0.5) is 4.39 Å². The first-order chi connectivity index (χ1) is 9.66. The van der Waals surface area contributed by atoms with Crippen molar-refractivity contribution in [1.82, 2.24) is 4.73 Å². The molecular formula is C15H11FN2O2. The summed E-state index contributed by atoms with van der Waals surface area (Å²) in [5.41, 5.74) is 6.14. The third-order valence-corrected chi connectivity index (χ3v) is 2.95. The third-order valence-electron chi connectivity index (χ3n) is 2.95. The molecule has 5 heteroatoms. The lowest BCUT2D eigenvalue weighted by Gasteiger charge is -2.10. The van der Waals surface area contributed by atoms with Crippen molar-refractivity contribution in [3.8, 4) is 5.75 Å². The molecule has 0 atom stereocenters. The van der Waals surface area contributed by atoms with Crippen LogP contribution in [0.2, 0.25) is 0 Å². The second-order valence-corrected chi connectivity index (χ2v) is 4.27. The maximum Gasteiger partial charge on any atom is 0.268 e.